The summed E-state index contributed by atoms with van der Waals surface area (Å²) in [5, 5.41) is 5.67. The van der Waals surface area contributed by atoms with Crippen molar-refractivity contribution in [2.45, 2.75) is 26.4 Å². The number of amides is 1. The van der Waals surface area contributed by atoms with Gasteiger partial charge in [0.25, 0.3) is 5.91 Å². The van der Waals surface area contributed by atoms with Gasteiger partial charge < -0.3 is 14.8 Å². The van der Waals surface area contributed by atoms with Gasteiger partial charge in [-0.05, 0) is 74.1 Å². The Morgan fingerprint density at radius 3 is 2.19 bits per heavy atom. The SMILES string of the molecule is CCC(C)Oc1ccc(C(=O)NC(=S)Nc2ccc(C(=O)OC)cc2)cc1. The number of rotatable bonds is 6. The molecule has 0 bridgehead atoms. The summed E-state index contributed by atoms with van der Waals surface area (Å²) in [6.45, 7) is 4.03. The van der Waals surface area contributed by atoms with Crippen molar-refractivity contribution in [3.63, 3.8) is 0 Å². The molecule has 142 valence electrons. The van der Waals surface area contributed by atoms with Crippen molar-refractivity contribution in [3.8, 4) is 5.75 Å². The minimum Gasteiger partial charge on any atom is -0.491 e. The molecule has 0 aliphatic heterocycles. The van der Waals surface area contributed by atoms with Crippen LogP contribution in [0, 0.1) is 0 Å². The summed E-state index contributed by atoms with van der Waals surface area (Å²) in [5.74, 6) is -0.0285. The zero-order valence-electron chi connectivity index (χ0n) is 15.4. The highest BCUT2D eigenvalue weighted by atomic mass is 32.1. The monoisotopic (exact) mass is 386 g/mol. The lowest BCUT2D eigenvalue weighted by Crippen LogP contribution is -2.34. The Morgan fingerprint density at radius 2 is 1.63 bits per heavy atom. The Kier molecular flexibility index (Phi) is 7.31. The number of carbonyl (C=O) groups excluding carboxylic acids is 2. The third kappa shape index (κ3) is 6.07. The summed E-state index contributed by atoms with van der Waals surface area (Å²) in [6.07, 6.45) is 1.02. The van der Waals surface area contributed by atoms with Gasteiger partial charge in [0.1, 0.15) is 5.75 Å². The zero-order chi connectivity index (χ0) is 19.8. The summed E-state index contributed by atoms with van der Waals surface area (Å²) < 4.78 is 10.3. The molecule has 0 heterocycles. The van der Waals surface area contributed by atoms with Gasteiger partial charge in [-0.1, -0.05) is 6.92 Å². The maximum Gasteiger partial charge on any atom is 0.337 e. The van der Waals surface area contributed by atoms with Crippen LogP contribution in [0.3, 0.4) is 0 Å². The number of carbonyl (C=O) groups is 2. The summed E-state index contributed by atoms with van der Waals surface area (Å²) >= 11 is 5.16. The molecule has 0 aliphatic carbocycles. The van der Waals surface area contributed by atoms with E-state index in [2.05, 4.69) is 15.4 Å². The topological polar surface area (TPSA) is 76.7 Å². The fourth-order valence-corrected chi connectivity index (χ4v) is 2.36. The van der Waals surface area contributed by atoms with Crippen LogP contribution < -0.4 is 15.4 Å². The van der Waals surface area contributed by atoms with Crippen LogP contribution in [0.2, 0.25) is 0 Å². The molecule has 0 spiro atoms. The van der Waals surface area contributed by atoms with Gasteiger partial charge in [-0.25, -0.2) is 4.79 Å². The molecule has 6 nitrogen and oxygen atoms in total. The number of thiocarbonyl (C=S) groups is 1. The van der Waals surface area contributed by atoms with Crippen LogP contribution in [0.4, 0.5) is 5.69 Å². The standard InChI is InChI=1S/C20H22N2O4S/c1-4-13(2)26-17-11-7-14(8-12-17)18(23)22-20(27)21-16-9-5-15(6-10-16)19(24)25-3/h5-13H,4H2,1-3H3,(H2,21,22,23,27). The van der Waals surface area contributed by atoms with Crippen LogP contribution in [0.25, 0.3) is 0 Å². The predicted molar refractivity (Wildman–Crippen MR) is 108 cm³/mol. The van der Waals surface area contributed by atoms with Gasteiger partial charge in [-0.15, -0.1) is 0 Å². The molecule has 0 aliphatic rings. The third-order valence-electron chi connectivity index (χ3n) is 3.82. The molecule has 0 saturated carbocycles. The van der Waals surface area contributed by atoms with E-state index in [0.29, 0.717) is 22.6 Å². The van der Waals surface area contributed by atoms with E-state index >= 15 is 0 Å². The van der Waals surface area contributed by atoms with Crippen LogP contribution in [0.15, 0.2) is 48.5 Å². The van der Waals surface area contributed by atoms with Crippen molar-refractivity contribution in [1.82, 2.24) is 5.32 Å². The van der Waals surface area contributed by atoms with E-state index in [0.717, 1.165) is 6.42 Å². The van der Waals surface area contributed by atoms with Crippen LogP contribution in [-0.2, 0) is 4.74 Å². The summed E-state index contributed by atoms with van der Waals surface area (Å²) in [4.78, 5) is 23.7. The van der Waals surface area contributed by atoms with E-state index < -0.39 is 5.97 Å². The molecule has 7 heteroatoms. The first-order valence-electron chi connectivity index (χ1n) is 8.50. The Bertz CT molecular complexity index is 804. The number of hydrogen-bond acceptors (Lipinski definition) is 5. The van der Waals surface area contributed by atoms with Crippen molar-refractivity contribution >= 4 is 34.9 Å². The molecule has 2 aromatic carbocycles. The lowest BCUT2D eigenvalue weighted by molar-refractivity contribution is 0.0600. The normalized spacial score (nSPS) is 11.2. The largest absolute Gasteiger partial charge is 0.491 e. The van der Waals surface area contributed by atoms with Gasteiger partial charge in [0.15, 0.2) is 5.11 Å². The van der Waals surface area contributed by atoms with Gasteiger partial charge in [-0.2, -0.15) is 0 Å². The molecule has 1 atom stereocenters. The van der Waals surface area contributed by atoms with Crippen molar-refractivity contribution < 1.29 is 19.1 Å². The number of anilines is 1. The lowest BCUT2D eigenvalue weighted by atomic mass is 10.2. The van der Waals surface area contributed by atoms with E-state index in [-0.39, 0.29) is 17.1 Å². The second-order valence-electron chi connectivity index (χ2n) is 5.84. The highest BCUT2D eigenvalue weighted by molar-refractivity contribution is 7.80. The van der Waals surface area contributed by atoms with E-state index in [1.807, 2.05) is 13.8 Å². The number of esters is 1. The molecule has 1 unspecified atom stereocenters. The Hall–Kier alpha value is -2.93. The maximum absolute atomic E-state index is 12.3. The van der Waals surface area contributed by atoms with Crippen molar-refractivity contribution in [2.75, 3.05) is 12.4 Å². The van der Waals surface area contributed by atoms with E-state index in [4.69, 9.17) is 17.0 Å². The van der Waals surface area contributed by atoms with Gasteiger partial charge in [0, 0.05) is 11.3 Å². The molecule has 2 aromatic rings. The number of benzene rings is 2. The highest BCUT2D eigenvalue weighted by Gasteiger charge is 2.10. The van der Waals surface area contributed by atoms with E-state index in [1.165, 1.54) is 7.11 Å². The summed E-state index contributed by atoms with van der Waals surface area (Å²) in [7, 11) is 1.32. The molecule has 2 rings (SSSR count). The fraction of sp³-hybridized carbons (Fsp3) is 0.250. The summed E-state index contributed by atoms with van der Waals surface area (Å²) in [5.41, 5.74) is 1.54. The molecular formula is C20H22N2O4S. The molecule has 0 saturated heterocycles. The smallest absolute Gasteiger partial charge is 0.337 e. The van der Waals surface area contributed by atoms with Gasteiger partial charge in [0.2, 0.25) is 0 Å². The van der Waals surface area contributed by atoms with E-state index in [9.17, 15) is 9.59 Å². The first-order valence-corrected chi connectivity index (χ1v) is 8.91. The fourth-order valence-electron chi connectivity index (χ4n) is 2.15. The molecule has 2 N–H and O–H groups in total. The highest BCUT2D eigenvalue weighted by Crippen LogP contribution is 2.15. The number of hydrogen-bond donors (Lipinski definition) is 2. The first kappa shape index (κ1) is 20.4. The Morgan fingerprint density at radius 1 is 1.04 bits per heavy atom. The molecule has 0 radical (unpaired) electrons. The van der Waals surface area contributed by atoms with Gasteiger partial charge in [-0.3, -0.25) is 10.1 Å². The maximum atomic E-state index is 12.3. The van der Waals surface area contributed by atoms with E-state index in [1.54, 1.807) is 48.5 Å². The molecular weight excluding hydrogens is 364 g/mol. The molecule has 0 fully saturated rings. The predicted octanol–water partition coefficient (Wildman–Crippen LogP) is 3.78. The number of ether oxygens (including phenoxy) is 2. The molecule has 1 amide bonds. The van der Waals surface area contributed by atoms with Gasteiger partial charge in [0.05, 0.1) is 18.8 Å². The second kappa shape index (κ2) is 9.68. The third-order valence-corrected chi connectivity index (χ3v) is 4.02. The first-order chi connectivity index (χ1) is 12.9. The van der Waals surface area contributed by atoms with Crippen molar-refractivity contribution in [1.29, 1.82) is 0 Å². The quantitative estimate of drug-likeness (QED) is 0.581. The molecule has 27 heavy (non-hydrogen) atoms. The lowest BCUT2D eigenvalue weighted by Gasteiger charge is -2.13. The average Bonchev–Trinajstić information content (AvgIpc) is 2.68. The van der Waals surface area contributed by atoms with Gasteiger partial charge >= 0.3 is 5.97 Å². The molecule has 0 aromatic heterocycles. The zero-order valence-corrected chi connectivity index (χ0v) is 16.3. The van der Waals surface area contributed by atoms with Crippen LogP contribution in [0.5, 0.6) is 5.75 Å². The van der Waals surface area contributed by atoms with Crippen LogP contribution in [0.1, 0.15) is 41.0 Å². The van der Waals surface area contributed by atoms with Crippen molar-refractivity contribution in [2.24, 2.45) is 0 Å². The number of methoxy groups -OCH3 is 1. The summed E-state index contributed by atoms with van der Waals surface area (Å²) in [6, 6.07) is 13.4. The Balaban J connectivity index is 1.91. The van der Waals surface area contributed by atoms with Crippen LogP contribution in [-0.4, -0.2) is 30.2 Å². The Labute approximate surface area is 163 Å². The average molecular weight is 386 g/mol. The number of nitrogens with one attached hydrogen (secondary N) is 2. The van der Waals surface area contributed by atoms with Crippen molar-refractivity contribution in [3.05, 3.63) is 59.7 Å². The van der Waals surface area contributed by atoms with Crippen LogP contribution >= 0.6 is 12.2 Å². The minimum absolute atomic E-state index is 0.118. The minimum atomic E-state index is -0.418. The second-order valence-corrected chi connectivity index (χ2v) is 6.25.